The first-order chi connectivity index (χ1) is 10.8. The summed E-state index contributed by atoms with van der Waals surface area (Å²) in [5.41, 5.74) is 0. The van der Waals surface area contributed by atoms with E-state index in [1.807, 2.05) is 0 Å². The van der Waals surface area contributed by atoms with Gasteiger partial charge in [0.2, 0.25) is 0 Å². The lowest BCUT2D eigenvalue weighted by Gasteiger charge is -2.45. The Kier molecular flexibility index (Phi) is 6.27. The molecule has 2 aliphatic heterocycles. The fraction of sp³-hybridized carbons (Fsp3) is 1.00. The summed E-state index contributed by atoms with van der Waals surface area (Å²) in [5, 5.41) is 76.5. The van der Waals surface area contributed by atoms with Crippen LogP contribution in [0.1, 0.15) is 0 Å². The van der Waals surface area contributed by atoms with Crippen molar-refractivity contribution in [1.29, 1.82) is 0 Å². The third-order valence-electron chi connectivity index (χ3n) is 3.98. The van der Waals surface area contributed by atoms with Crippen molar-refractivity contribution in [2.24, 2.45) is 0 Å². The Labute approximate surface area is 130 Å². The van der Waals surface area contributed by atoms with Crippen LogP contribution in [0.25, 0.3) is 0 Å². The molecule has 0 saturated carbocycles. The molecule has 136 valence electrons. The van der Waals surface area contributed by atoms with E-state index in [2.05, 4.69) is 0 Å². The lowest BCUT2D eigenvalue weighted by molar-refractivity contribution is -0.355. The topological polar surface area (TPSA) is 190 Å². The molecule has 0 aromatic heterocycles. The van der Waals surface area contributed by atoms with Crippen molar-refractivity contribution in [1.82, 2.24) is 0 Å². The first kappa shape index (κ1) is 18.9. The van der Waals surface area contributed by atoms with Crippen molar-refractivity contribution in [3.8, 4) is 0 Å². The van der Waals surface area contributed by atoms with Gasteiger partial charge in [0, 0.05) is 0 Å². The minimum atomic E-state index is -1.74. The molecule has 2 rings (SSSR count). The quantitative estimate of drug-likeness (QED) is 0.243. The lowest BCUT2D eigenvalue weighted by Crippen LogP contribution is -2.64. The van der Waals surface area contributed by atoms with Gasteiger partial charge in [-0.25, -0.2) is 0 Å². The molecule has 8 N–H and O–H groups in total. The summed E-state index contributed by atoms with van der Waals surface area (Å²) in [7, 11) is 0. The number of hydrogen-bond acceptors (Lipinski definition) is 11. The maximum atomic E-state index is 9.94. The van der Waals surface area contributed by atoms with E-state index < -0.39 is 74.6 Å². The summed E-state index contributed by atoms with van der Waals surface area (Å²) >= 11 is 0. The molecular formula is C12H22O11. The number of rotatable bonds is 4. The summed E-state index contributed by atoms with van der Waals surface area (Å²) in [4.78, 5) is 0. The van der Waals surface area contributed by atoms with Crippen molar-refractivity contribution in [3.63, 3.8) is 0 Å². The fourth-order valence-corrected chi connectivity index (χ4v) is 2.57. The highest BCUT2D eigenvalue weighted by Gasteiger charge is 2.50. The molecule has 11 nitrogen and oxygen atoms in total. The SMILES string of the molecule is OC[C@H]1O[C@@H](O[C@H]2[C@H](O)[C@H](O)[C@H](O)O[C@@H]2CO)[C@H](O)[C@@H](O)[C@@H]1O. The first-order valence-electron chi connectivity index (χ1n) is 7.08. The van der Waals surface area contributed by atoms with E-state index in [1.165, 1.54) is 0 Å². The van der Waals surface area contributed by atoms with Gasteiger partial charge in [0.25, 0.3) is 0 Å². The van der Waals surface area contributed by atoms with Crippen molar-refractivity contribution in [2.75, 3.05) is 13.2 Å². The van der Waals surface area contributed by atoms with Crippen molar-refractivity contribution in [3.05, 3.63) is 0 Å². The minimum absolute atomic E-state index is 0.667. The molecule has 2 heterocycles. The molecule has 2 fully saturated rings. The van der Waals surface area contributed by atoms with Gasteiger partial charge in [-0.2, -0.15) is 0 Å². The molecular weight excluding hydrogens is 320 g/mol. The van der Waals surface area contributed by atoms with Crippen LogP contribution in [0.3, 0.4) is 0 Å². The summed E-state index contributed by atoms with van der Waals surface area (Å²) in [6.07, 6.45) is -15.6. The standard InChI is InChI=1S/C12H22O11/c13-1-3-5(15)6(16)9(19)12(22-3)23-10-4(2-14)21-11(20)8(18)7(10)17/h3-20H,1-2H2/t3-,4-,5-,6+,7-,8+,9-,10-,11-,12+/m1/s1. The maximum Gasteiger partial charge on any atom is 0.187 e. The van der Waals surface area contributed by atoms with E-state index in [-0.39, 0.29) is 0 Å². The normalized spacial score (nSPS) is 51.7. The Bertz CT molecular complexity index is 378. The number of hydrogen-bond donors (Lipinski definition) is 8. The zero-order valence-electron chi connectivity index (χ0n) is 12.0. The third-order valence-corrected chi connectivity index (χ3v) is 3.98. The highest BCUT2D eigenvalue weighted by atomic mass is 16.7. The first-order valence-corrected chi connectivity index (χ1v) is 7.08. The van der Waals surface area contributed by atoms with Crippen LogP contribution in [0.5, 0.6) is 0 Å². The Balaban J connectivity index is 2.11. The second kappa shape index (κ2) is 7.63. The molecule has 0 unspecified atom stereocenters. The van der Waals surface area contributed by atoms with Gasteiger partial charge >= 0.3 is 0 Å². The van der Waals surface area contributed by atoms with Crippen LogP contribution < -0.4 is 0 Å². The van der Waals surface area contributed by atoms with Gasteiger partial charge in [0.15, 0.2) is 12.6 Å². The average molecular weight is 342 g/mol. The number of aliphatic hydroxyl groups is 8. The van der Waals surface area contributed by atoms with E-state index in [1.54, 1.807) is 0 Å². The summed E-state index contributed by atoms with van der Waals surface area (Å²) in [6.45, 7) is -1.35. The van der Waals surface area contributed by atoms with E-state index in [4.69, 9.17) is 19.3 Å². The highest BCUT2D eigenvalue weighted by Crippen LogP contribution is 2.28. The van der Waals surface area contributed by atoms with Gasteiger partial charge < -0.3 is 55.1 Å². The smallest absolute Gasteiger partial charge is 0.187 e. The number of ether oxygens (including phenoxy) is 3. The predicted molar refractivity (Wildman–Crippen MR) is 68.6 cm³/mol. The monoisotopic (exact) mass is 342 g/mol. The van der Waals surface area contributed by atoms with Crippen LogP contribution in [0.2, 0.25) is 0 Å². The molecule has 0 aliphatic carbocycles. The van der Waals surface area contributed by atoms with Gasteiger partial charge in [-0.3, -0.25) is 0 Å². The molecule has 0 aromatic carbocycles. The lowest BCUT2D eigenvalue weighted by atomic mass is 9.97. The molecule has 2 saturated heterocycles. The van der Waals surface area contributed by atoms with Crippen LogP contribution >= 0.6 is 0 Å². The zero-order valence-corrected chi connectivity index (χ0v) is 12.0. The van der Waals surface area contributed by atoms with Gasteiger partial charge in [-0.05, 0) is 0 Å². The van der Waals surface area contributed by atoms with Gasteiger partial charge in [-0.15, -0.1) is 0 Å². The maximum absolute atomic E-state index is 9.94. The second-order valence-electron chi connectivity index (χ2n) is 5.53. The van der Waals surface area contributed by atoms with E-state index >= 15 is 0 Å². The largest absolute Gasteiger partial charge is 0.394 e. The summed E-state index contributed by atoms with van der Waals surface area (Å²) in [6, 6.07) is 0. The Morgan fingerprint density at radius 3 is 1.83 bits per heavy atom. The van der Waals surface area contributed by atoms with Crippen molar-refractivity contribution >= 4 is 0 Å². The minimum Gasteiger partial charge on any atom is -0.394 e. The van der Waals surface area contributed by atoms with Crippen LogP contribution in [-0.2, 0) is 14.2 Å². The molecule has 11 heteroatoms. The summed E-state index contributed by atoms with van der Waals surface area (Å²) < 4.78 is 15.3. The molecule has 0 bridgehead atoms. The van der Waals surface area contributed by atoms with Crippen molar-refractivity contribution in [2.45, 2.75) is 61.4 Å². The van der Waals surface area contributed by atoms with Crippen LogP contribution in [0, 0.1) is 0 Å². The Hall–Kier alpha value is -0.440. The Morgan fingerprint density at radius 2 is 1.26 bits per heavy atom. The third kappa shape index (κ3) is 3.65. The van der Waals surface area contributed by atoms with E-state index in [0.29, 0.717) is 0 Å². The van der Waals surface area contributed by atoms with Crippen LogP contribution in [-0.4, -0.2) is 115 Å². The number of aliphatic hydroxyl groups excluding tert-OH is 8. The molecule has 2 aliphatic rings. The molecule has 0 radical (unpaired) electrons. The van der Waals surface area contributed by atoms with Crippen LogP contribution in [0.15, 0.2) is 0 Å². The average Bonchev–Trinajstić information content (AvgIpc) is 2.55. The Morgan fingerprint density at radius 1 is 0.652 bits per heavy atom. The second-order valence-corrected chi connectivity index (χ2v) is 5.53. The van der Waals surface area contributed by atoms with E-state index in [9.17, 15) is 35.7 Å². The van der Waals surface area contributed by atoms with Crippen LogP contribution in [0.4, 0.5) is 0 Å². The zero-order chi connectivity index (χ0) is 17.3. The molecule has 10 atom stereocenters. The fourth-order valence-electron chi connectivity index (χ4n) is 2.57. The van der Waals surface area contributed by atoms with E-state index in [0.717, 1.165) is 0 Å². The summed E-state index contributed by atoms with van der Waals surface area (Å²) in [5.74, 6) is 0. The van der Waals surface area contributed by atoms with Crippen molar-refractivity contribution < 1.29 is 55.1 Å². The van der Waals surface area contributed by atoms with Gasteiger partial charge in [-0.1, -0.05) is 0 Å². The molecule has 23 heavy (non-hydrogen) atoms. The molecule has 0 amide bonds. The highest BCUT2D eigenvalue weighted by molar-refractivity contribution is 4.93. The van der Waals surface area contributed by atoms with Gasteiger partial charge in [0.1, 0.15) is 48.8 Å². The van der Waals surface area contributed by atoms with Gasteiger partial charge in [0.05, 0.1) is 13.2 Å². The predicted octanol–water partition coefficient (Wildman–Crippen LogP) is -5.40. The molecule has 0 spiro atoms. The molecule has 0 aromatic rings.